The monoisotopic (exact) mass is 338 g/mol. The fourth-order valence-electron chi connectivity index (χ4n) is 2.62. The molecule has 2 N–H and O–H groups in total. The van der Waals surface area contributed by atoms with E-state index in [1.54, 1.807) is 17.5 Å². The molecule has 0 bridgehead atoms. The molecule has 1 heterocycles. The Morgan fingerprint density at radius 1 is 1.30 bits per heavy atom. The Bertz CT molecular complexity index is 544. The van der Waals surface area contributed by atoms with Crippen LogP contribution in [0.3, 0.4) is 0 Å². The molecule has 1 aliphatic carbocycles. The van der Waals surface area contributed by atoms with Crippen molar-refractivity contribution in [3.63, 3.8) is 0 Å². The Morgan fingerprint density at radius 2 is 2.09 bits per heavy atom. The van der Waals surface area contributed by atoms with Crippen LogP contribution in [0.5, 0.6) is 0 Å². The number of carbonyl (C=O) groups excluding carboxylic acids is 3. The maximum absolute atomic E-state index is 11.8. The van der Waals surface area contributed by atoms with Gasteiger partial charge in [-0.1, -0.05) is 25.8 Å². The van der Waals surface area contributed by atoms with E-state index in [9.17, 15) is 14.4 Å². The van der Waals surface area contributed by atoms with Crippen molar-refractivity contribution in [2.24, 2.45) is 5.92 Å². The van der Waals surface area contributed by atoms with Crippen molar-refractivity contribution in [2.75, 3.05) is 13.2 Å². The average molecular weight is 338 g/mol. The fraction of sp³-hybridized carbons (Fsp3) is 0.562. The minimum absolute atomic E-state index is 0.161. The highest BCUT2D eigenvalue weighted by Crippen LogP contribution is 2.23. The Balaban J connectivity index is 1.63. The largest absolute Gasteiger partial charge is 0.454 e. The van der Waals surface area contributed by atoms with Crippen LogP contribution in [0.2, 0.25) is 0 Å². The number of ether oxygens (including phenoxy) is 1. The molecule has 0 spiro atoms. The lowest BCUT2D eigenvalue weighted by molar-refractivity contribution is -0.147. The quantitative estimate of drug-likeness (QED) is 0.774. The number of esters is 1. The molecule has 0 radical (unpaired) electrons. The molecule has 1 saturated carbocycles. The van der Waals surface area contributed by atoms with Crippen molar-refractivity contribution in [1.82, 2.24) is 10.6 Å². The fourth-order valence-corrected chi connectivity index (χ4v) is 3.26. The highest BCUT2D eigenvalue weighted by molar-refractivity contribution is 7.12. The molecule has 1 fully saturated rings. The molecular formula is C16H22N2O4S. The van der Waals surface area contributed by atoms with Gasteiger partial charge in [-0.25, -0.2) is 0 Å². The summed E-state index contributed by atoms with van der Waals surface area (Å²) in [6, 6.07) is 3.59. The molecule has 0 unspecified atom stereocenters. The first-order valence-corrected chi connectivity index (χ1v) is 8.71. The molecule has 0 saturated heterocycles. The van der Waals surface area contributed by atoms with E-state index in [4.69, 9.17) is 4.74 Å². The smallest absolute Gasteiger partial charge is 0.325 e. The summed E-state index contributed by atoms with van der Waals surface area (Å²) in [5, 5.41) is 7.15. The summed E-state index contributed by atoms with van der Waals surface area (Å²) in [4.78, 5) is 35.6. The first-order chi connectivity index (χ1) is 11.1. The van der Waals surface area contributed by atoms with Crippen LogP contribution in [0.15, 0.2) is 17.5 Å². The van der Waals surface area contributed by atoms with Crippen molar-refractivity contribution in [3.05, 3.63) is 22.4 Å². The molecule has 1 aromatic heterocycles. The summed E-state index contributed by atoms with van der Waals surface area (Å²) in [7, 11) is 0. The van der Waals surface area contributed by atoms with Gasteiger partial charge in [0, 0.05) is 6.04 Å². The Labute approximate surface area is 139 Å². The number of thiophene rings is 1. The molecular weight excluding hydrogens is 316 g/mol. The lowest BCUT2D eigenvalue weighted by Gasteiger charge is -2.29. The second-order valence-corrected chi connectivity index (χ2v) is 6.70. The zero-order valence-electron chi connectivity index (χ0n) is 13.2. The zero-order chi connectivity index (χ0) is 16.7. The second kappa shape index (κ2) is 8.67. The molecule has 2 atom stereocenters. The van der Waals surface area contributed by atoms with Gasteiger partial charge < -0.3 is 15.4 Å². The molecule has 2 amide bonds. The van der Waals surface area contributed by atoms with Crippen LogP contribution in [0.25, 0.3) is 0 Å². The minimum atomic E-state index is -0.623. The van der Waals surface area contributed by atoms with Gasteiger partial charge in [0.25, 0.3) is 11.8 Å². The van der Waals surface area contributed by atoms with Gasteiger partial charge in [-0.2, -0.15) is 0 Å². The highest BCUT2D eigenvalue weighted by atomic mass is 32.1. The summed E-state index contributed by atoms with van der Waals surface area (Å²) in [5.74, 6) is -0.783. The van der Waals surface area contributed by atoms with Crippen molar-refractivity contribution >= 4 is 29.1 Å². The van der Waals surface area contributed by atoms with Crippen LogP contribution in [0, 0.1) is 5.92 Å². The van der Waals surface area contributed by atoms with E-state index >= 15 is 0 Å². The summed E-state index contributed by atoms with van der Waals surface area (Å²) in [6.45, 7) is 1.57. The number of carbonyl (C=O) groups is 3. The van der Waals surface area contributed by atoms with Crippen molar-refractivity contribution in [3.8, 4) is 0 Å². The zero-order valence-corrected chi connectivity index (χ0v) is 14.0. The molecule has 2 rings (SSSR count). The van der Waals surface area contributed by atoms with E-state index < -0.39 is 5.97 Å². The molecule has 7 heteroatoms. The average Bonchev–Trinajstić information content (AvgIpc) is 3.07. The third-order valence-corrected chi connectivity index (χ3v) is 4.83. The maximum Gasteiger partial charge on any atom is 0.325 e. The van der Waals surface area contributed by atoms with Gasteiger partial charge in [-0.3, -0.25) is 14.4 Å². The lowest BCUT2D eigenvalue weighted by atomic mass is 9.86. The van der Waals surface area contributed by atoms with E-state index in [1.807, 2.05) is 0 Å². The molecule has 23 heavy (non-hydrogen) atoms. The minimum Gasteiger partial charge on any atom is -0.454 e. The van der Waals surface area contributed by atoms with Gasteiger partial charge in [-0.05, 0) is 30.2 Å². The van der Waals surface area contributed by atoms with Crippen molar-refractivity contribution < 1.29 is 19.1 Å². The van der Waals surface area contributed by atoms with Gasteiger partial charge >= 0.3 is 5.97 Å². The van der Waals surface area contributed by atoms with Crippen molar-refractivity contribution in [2.45, 2.75) is 38.6 Å². The number of hydrogen-bond donors (Lipinski definition) is 2. The second-order valence-electron chi connectivity index (χ2n) is 5.76. The molecule has 0 aromatic carbocycles. The molecule has 1 aromatic rings. The topological polar surface area (TPSA) is 84.5 Å². The van der Waals surface area contributed by atoms with Crippen LogP contribution in [-0.2, 0) is 14.3 Å². The predicted octanol–water partition coefficient (Wildman–Crippen LogP) is 1.72. The summed E-state index contributed by atoms with van der Waals surface area (Å²) in [6.07, 6.45) is 4.40. The van der Waals surface area contributed by atoms with Crippen LogP contribution >= 0.6 is 11.3 Å². The van der Waals surface area contributed by atoms with Crippen LogP contribution in [-0.4, -0.2) is 37.0 Å². The third kappa shape index (κ3) is 5.67. The maximum atomic E-state index is 11.8. The van der Waals surface area contributed by atoms with Crippen LogP contribution in [0.4, 0.5) is 0 Å². The van der Waals surface area contributed by atoms with E-state index in [2.05, 4.69) is 17.6 Å². The normalized spacial score (nSPS) is 20.6. The van der Waals surface area contributed by atoms with Crippen molar-refractivity contribution in [1.29, 1.82) is 0 Å². The SMILES string of the molecule is C[C@@H]1CCCC[C@H]1NC(=O)COC(=O)CNC(=O)c1cccs1. The summed E-state index contributed by atoms with van der Waals surface area (Å²) in [5.41, 5.74) is 0. The number of amides is 2. The standard InChI is InChI=1S/C16H22N2O4S/c1-11-5-2-3-6-12(11)18-14(19)10-22-15(20)9-17-16(21)13-7-4-8-23-13/h4,7-8,11-12H,2-3,5-6,9-10H2,1H3,(H,17,21)(H,18,19)/t11-,12-/m1/s1. The van der Waals surface area contributed by atoms with Gasteiger partial charge in [0.2, 0.25) is 0 Å². The van der Waals surface area contributed by atoms with Gasteiger partial charge in [-0.15, -0.1) is 11.3 Å². The van der Waals surface area contributed by atoms with E-state index in [1.165, 1.54) is 17.8 Å². The Kier molecular flexibility index (Phi) is 6.58. The van der Waals surface area contributed by atoms with Gasteiger partial charge in [0.1, 0.15) is 6.54 Å². The summed E-state index contributed by atoms with van der Waals surface area (Å²) >= 11 is 1.29. The third-order valence-electron chi connectivity index (χ3n) is 3.96. The number of hydrogen-bond acceptors (Lipinski definition) is 5. The highest BCUT2D eigenvalue weighted by Gasteiger charge is 2.23. The number of nitrogens with one attached hydrogen (secondary N) is 2. The first kappa shape index (κ1) is 17.5. The Morgan fingerprint density at radius 3 is 2.78 bits per heavy atom. The summed E-state index contributed by atoms with van der Waals surface area (Å²) < 4.78 is 4.89. The molecule has 6 nitrogen and oxygen atoms in total. The lowest BCUT2D eigenvalue weighted by Crippen LogP contribution is -2.43. The van der Waals surface area contributed by atoms with Crippen LogP contribution in [0.1, 0.15) is 42.3 Å². The van der Waals surface area contributed by atoms with Gasteiger partial charge in [0.15, 0.2) is 6.61 Å². The first-order valence-electron chi connectivity index (χ1n) is 7.83. The van der Waals surface area contributed by atoms with Gasteiger partial charge in [0.05, 0.1) is 4.88 Å². The van der Waals surface area contributed by atoms with Crippen LogP contribution < -0.4 is 10.6 Å². The van der Waals surface area contributed by atoms with E-state index in [0.717, 1.165) is 19.3 Å². The predicted molar refractivity (Wildman–Crippen MR) is 87.2 cm³/mol. The number of rotatable bonds is 6. The molecule has 1 aliphatic rings. The Hall–Kier alpha value is -1.89. The van der Waals surface area contributed by atoms with E-state index in [-0.39, 0.29) is 31.0 Å². The van der Waals surface area contributed by atoms with E-state index in [0.29, 0.717) is 10.8 Å². The molecule has 126 valence electrons. The molecule has 0 aliphatic heterocycles.